The summed E-state index contributed by atoms with van der Waals surface area (Å²) in [4.78, 5) is 37.1. The van der Waals surface area contributed by atoms with E-state index >= 15 is 0 Å². The molecular weight excluding hydrogens is 448 g/mol. The van der Waals surface area contributed by atoms with Gasteiger partial charge in [-0.25, -0.2) is 0 Å². The van der Waals surface area contributed by atoms with Crippen molar-refractivity contribution in [2.75, 3.05) is 34.2 Å². The predicted molar refractivity (Wildman–Crippen MR) is 123 cm³/mol. The van der Waals surface area contributed by atoms with Crippen LogP contribution in [0.15, 0.2) is 53.1 Å². The van der Waals surface area contributed by atoms with E-state index in [0.29, 0.717) is 40.0 Å². The average Bonchev–Trinajstić information content (AvgIpc) is 3.42. The Kier molecular flexibility index (Phi) is 6.79. The molecule has 0 saturated heterocycles. The standard InChI is InChI=1S/C22H20N4O6S/c1-13-8-19(26-32-13)25-21(28)11-33-10-20(27)24-16-5-3-2-4-15(16)22(29)23-14-6-7-17-18(9-14)31-12-30-17/h2-9H,10-12H2,1H3,(H,23,29)(H,24,27)(H,25,26,28). The molecule has 3 aromatic rings. The van der Waals surface area contributed by atoms with Gasteiger partial charge in [0.2, 0.25) is 18.6 Å². The fourth-order valence-corrected chi connectivity index (χ4v) is 3.61. The smallest absolute Gasteiger partial charge is 0.257 e. The SMILES string of the molecule is Cc1cc(NC(=O)CSCC(=O)Nc2ccccc2C(=O)Nc2ccc3c(c2)OCO3)no1. The molecule has 11 heteroatoms. The molecule has 3 amide bonds. The van der Waals surface area contributed by atoms with Crippen molar-refractivity contribution in [3.63, 3.8) is 0 Å². The number of aromatic nitrogens is 1. The minimum Gasteiger partial charge on any atom is -0.454 e. The number of fused-ring (bicyclic) bond motifs is 1. The number of carbonyl (C=O) groups is 3. The highest BCUT2D eigenvalue weighted by Gasteiger charge is 2.17. The van der Waals surface area contributed by atoms with Crippen LogP contribution in [0.25, 0.3) is 0 Å². The molecule has 10 nitrogen and oxygen atoms in total. The van der Waals surface area contributed by atoms with Gasteiger partial charge >= 0.3 is 0 Å². The zero-order valence-corrected chi connectivity index (χ0v) is 18.4. The zero-order valence-electron chi connectivity index (χ0n) is 17.5. The van der Waals surface area contributed by atoms with Crippen LogP contribution in [-0.4, -0.2) is 41.2 Å². The van der Waals surface area contributed by atoms with Crippen molar-refractivity contribution in [3.05, 3.63) is 59.9 Å². The maximum atomic E-state index is 12.8. The largest absolute Gasteiger partial charge is 0.454 e. The van der Waals surface area contributed by atoms with Crippen LogP contribution in [0.5, 0.6) is 11.5 Å². The number of nitrogens with one attached hydrogen (secondary N) is 3. The first-order valence-electron chi connectivity index (χ1n) is 9.89. The molecular formula is C22H20N4O6S. The summed E-state index contributed by atoms with van der Waals surface area (Å²) < 4.78 is 15.5. The molecule has 1 aromatic heterocycles. The summed E-state index contributed by atoms with van der Waals surface area (Å²) in [7, 11) is 0. The zero-order chi connectivity index (χ0) is 23.2. The predicted octanol–water partition coefficient (Wildman–Crippen LogP) is 3.27. The molecule has 2 heterocycles. The van der Waals surface area contributed by atoms with Crippen LogP contribution >= 0.6 is 11.8 Å². The number of anilines is 3. The molecule has 1 aliphatic rings. The Morgan fingerprint density at radius 2 is 1.70 bits per heavy atom. The van der Waals surface area contributed by atoms with E-state index in [1.807, 2.05) is 0 Å². The van der Waals surface area contributed by atoms with Gasteiger partial charge in [-0.1, -0.05) is 17.3 Å². The summed E-state index contributed by atoms with van der Waals surface area (Å²) >= 11 is 1.13. The van der Waals surface area contributed by atoms with Crippen molar-refractivity contribution in [3.8, 4) is 11.5 Å². The van der Waals surface area contributed by atoms with Crippen LogP contribution in [0.1, 0.15) is 16.1 Å². The van der Waals surface area contributed by atoms with Crippen molar-refractivity contribution in [2.45, 2.75) is 6.92 Å². The van der Waals surface area contributed by atoms with Crippen LogP contribution in [0, 0.1) is 6.92 Å². The minimum absolute atomic E-state index is 0.0311. The molecule has 2 aromatic carbocycles. The van der Waals surface area contributed by atoms with Crippen LogP contribution in [0.2, 0.25) is 0 Å². The van der Waals surface area contributed by atoms with Crippen molar-refractivity contribution in [2.24, 2.45) is 0 Å². The van der Waals surface area contributed by atoms with E-state index < -0.39 is 0 Å². The normalized spacial score (nSPS) is 11.7. The second-order valence-electron chi connectivity index (χ2n) is 6.98. The Hall–Kier alpha value is -3.99. The van der Waals surface area contributed by atoms with Crippen LogP contribution < -0.4 is 25.4 Å². The van der Waals surface area contributed by atoms with Gasteiger partial charge < -0.3 is 29.9 Å². The van der Waals surface area contributed by atoms with Crippen molar-refractivity contribution < 1.29 is 28.4 Å². The lowest BCUT2D eigenvalue weighted by atomic mass is 10.1. The van der Waals surface area contributed by atoms with E-state index in [1.54, 1.807) is 55.5 Å². The number of benzene rings is 2. The second-order valence-corrected chi connectivity index (χ2v) is 7.97. The summed E-state index contributed by atoms with van der Waals surface area (Å²) in [6, 6.07) is 13.3. The van der Waals surface area contributed by atoms with Gasteiger partial charge in [0, 0.05) is 17.8 Å². The molecule has 4 rings (SSSR count). The summed E-state index contributed by atoms with van der Waals surface area (Å²) in [6.07, 6.45) is 0. The van der Waals surface area contributed by atoms with Crippen molar-refractivity contribution >= 4 is 46.7 Å². The van der Waals surface area contributed by atoms with Crippen LogP contribution in [0.3, 0.4) is 0 Å². The number of para-hydroxylation sites is 1. The lowest BCUT2D eigenvalue weighted by Gasteiger charge is -2.12. The van der Waals surface area contributed by atoms with Crippen LogP contribution in [-0.2, 0) is 9.59 Å². The Balaban J connectivity index is 1.30. The Labute approximate surface area is 193 Å². The number of rotatable bonds is 8. The quantitative estimate of drug-likeness (QED) is 0.459. The fourth-order valence-electron chi connectivity index (χ4n) is 2.99. The first kappa shape index (κ1) is 22.2. The van der Waals surface area contributed by atoms with E-state index in [-0.39, 0.29) is 36.0 Å². The molecule has 0 bridgehead atoms. The average molecular weight is 468 g/mol. The number of carbonyl (C=O) groups excluding carboxylic acids is 3. The number of thioether (sulfide) groups is 1. The fraction of sp³-hybridized carbons (Fsp3) is 0.182. The summed E-state index contributed by atoms with van der Waals surface area (Å²) in [6.45, 7) is 1.86. The van der Waals surface area contributed by atoms with Gasteiger partial charge in [-0.3, -0.25) is 14.4 Å². The number of aryl methyl sites for hydroxylation is 1. The monoisotopic (exact) mass is 468 g/mol. The van der Waals surface area contributed by atoms with Crippen LogP contribution in [0.4, 0.5) is 17.2 Å². The molecule has 1 aliphatic heterocycles. The lowest BCUT2D eigenvalue weighted by Crippen LogP contribution is -2.21. The van der Waals surface area contributed by atoms with E-state index in [9.17, 15) is 14.4 Å². The number of hydrogen-bond donors (Lipinski definition) is 3. The second kappa shape index (κ2) is 10.1. The van der Waals surface area contributed by atoms with E-state index in [1.165, 1.54) is 0 Å². The Morgan fingerprint density at radius 1 is 0.939 bits per heavy atom. The van der Waals surface area contributed by atoms with Gasteiger partial charge in [0.25, 0.3) is 5.91 Å². The number of hydrogen-bond acceptors (Lipinski definition) is 8. The van der Waals surface area contributed by atoms with Gasteiger partial charge in [0.1, 0.15) is 5.76 Å². The summed E-state index contributed by atoms with van der Waals surface area (Å²) in [5.74, 6) is 1.13. The third kappa shape index (κ3) is 5.83. The van der Waals surface area contributed by atoms with Gasteiger partial charge in [0.15, 0.2) is 17.3 Å². The summed E-state index contributed by atoms with van der Waals surface area (Å²) in [5, 5.41) is 11.8. The topological polar surface area (TPSA) is 132 Å². The molecule has 0 atom stereocenters. The minimum atomic E-state index is -0.389. The molecule has 0 fully saturated rings. The third-order valence-electron chi connectivity index (χ3n) is 4.44. The molecule has 33 heavy (non-hydrogen) atoms. The maximum Gasteiger partial charge on any atom is 0.257 e. The molecule has 0 spiro atoms. The van der Waals surface area contributed by atoms with Gasteiger partial charge in [-0.05, 0) is 31.2 Å². The Bertz CT molecular complexity index is 1200. The van der Waals surface area contributed by atoms with Gasteiger partial charge in [-0.2, -0.15) is 0 Å². The molecule has 0 unspecified atom stereocenters. The first-order chi connectivity index (χ1) is 16.0. The van der Waals surface area contributed by atoms with Gasteiger partial charge in [-0.15, -0.1) is 11.8 Å². The molecule has 0 aliphatic carbocycles. The summed E-state index contributed by atoms with van der Waals surface area (Å²) in [5.41, 5.74) is 1.20. The molecule has 0 radical (unpaired) electrons. The molecule has 170 valence electrons. The number of amides is 3. The highest BCUT2D eigenvalue weighted by Crippen LogP contribution is 2.34. The van der Waals surface area contributed by atoms with Gasteiger partial charge in [0.05, 0.1) is 22.8 Å². The number of nitrogens with zero attached hydrogens (tertiary/aromatic N) is 1. The van der Waals surface area contributed by atoms with E-state index in [2.05, 4.69) is 21.1 Å². The third-order valence-corrected chi connectivity index (χ3v) is 5.37. The highest BCUT2D eigenvalue weighted by atomic mass is 32.2. The van der Waals surface area contributed by atoms with Crippen molar-refractivity contribution in [1.82, 2.24) is 5.16 Å². The lowest BCUT2D eigenvalue weighted by molar-refractivity contribution is -0.114. The Morgan fingerprint density at radius 3 is 2.48 bits per heavy atom. The van der Waals surface area contributed by atoms with E-state index in [4.69, 9.17) is 14.0 Å². The van der Waals surface area contributed by atoms with Crippen molar-refractivity contribution in [1.29, 1.82) is 0 Å². The van der Waals surface area contributed by atoms with E-state index in [0.717, 1.165) is 11.8 Å². The number of ether oxygens (including phenoxy) is 2. The highest BCUT2D eigenvalue weighted by molar-refractivity contribution is 8.00. The maximum absolute atomic E-state index is 12.8. The first-order valence-corrected chi connectivity index (χ1v) is 11.0. The molecule has 0 saturated carbocycles. The molecule has 3 N–H and O–H groups in total.